The maximum Gasteiger partial charge on any atom is 0.204 e. The summed E-state index contributed by atoms with van der Waals surface area (Å²) in [6, 6.07) is 10.1. The van der Waals surface area contributed by atoms with Crippen LogP contribution in [-0.2, 0) is 0 Å². The fourth-order valence-corrected chi connectivity index (χ4v) is 2.57. The van der Waals surface area contributed by atoms with Gasteiger partial charge in [0.25, 0.3) is 0 Å². The van der Waals surface area contributed by atoms with E-state index in [1.54, 1.807) is 37.4 Å². The lowest BCUT2D eigenvalue weighted by molar-refractivity contribution is 0.359. The van der Waals surface area contributed by atoms with Crippen molar-refractivity contribution in [3.8, 4) is 28.4 Å². The zero-order chi connectivity index (χ0) is 18.7. The Kier molecular flexibility index (Phi) is 4.98. The number of fused-ring (bicyclic) bond motifs is 1. The van der Waals surface area contributed by atoms with Crippen LogP contribution in [0.4, 0.5) is 0 Å². The Morgan fingerprint density at radius 2 is 1.88 bits per heavy atom. The van der Waals surface area contributed by atoms with Crippen LogP contribution in [0, 0.1) is 0 Å². The second-order valence-corrected chi connectivity index (χ2v) is 6.12. The van der Waals surface area contributed by atoms with Crippen LogP contribution in [0.1, 0.15) is 13.8 Å². The number of hydrogen-bond donors (Lipinski definition) is 1. The molecule has 3 aromatic rings. The van der Waals surface area contributed by atoms with Crippen LogP contribution >= 0.6 is 0 Å². The minimum Gasteiger partial charge on any atom is -0.507 e. The molecule has 1 N–H and O–H groups in total. The maximum absolute atomic E-state index is 12.8. The molecular formula is C21H20O5. The largest absolute Gasteiger partial charge is 0.507 e. The average Bonchev–Trinajstić information content (AvgIpc) is 2.61. The van der Waals surface area contributed by atoms with Crippen molar-refractivity contribution in [3.05, 3.63) is 64.5 Å². The fraction of sp³-hybridized carbons (Fsp3) is 0.190. The van der Waals surface area contributed by atoms with Crippen LogP contribution in [0.15, 0.2) is 63.5 Å². The Bertz CT molecular complexity index is 1010. The SMILES string of the molecule is COc1ccc(-c2coc3cc(OCC=C(C)C)cc(O)c3c2=O)cc1. The first kappa shape index (κ1) is 17.6. The summed E-state index contributed by atoms with van der Waals surface area (Å²) in [5, 5.41) is 10.5. The van der Waals surface area contributed by atoms with Gasteiger partial charge in [-0.3, -0.25) is 4.79 Å². The van der Waals surface area contributed by atoms with Crippen LogP contribution in [-0.4, -0.2) is 18.8 Å². The van der Waals surface area contributed by atoms with E-state index in [0.717, 1.165) is 5.57 Å². The van der Waals surface area contributed by atoms with Crippen molar-refractivity contribution in [3.63, 3.8) is 0 Å². The van der Waals surface area contributed by atoms with Gasteiger partial charge in [-0.05, 0) is 37.6 Å². The minimum absolute atomic E-state index is 0.132. The van der Waals surface area contributed by atoms with Crippen molar-refractivity contribution in [1.82, 2.24) is 0 Å². The molecule has 2 aromatic carbocycles. The summed E-state index contributed by atoms with van der Waals surface area (Å²) in [6.45, 7) is 4.32. The van der Waals surface area contributed by atoms with E-state index in [9.17, 15) is 9.90 Å². The van der Waals surface area contributed by atoms with Crippen molar-refractivity contribution < 1.29 is 19.0 Å². The summed E-state index contributed by atoms with van der Waals surface area (Å²) < 4.78 is 16.3. The number of aromatic hydroxyl groups is 1. The topological polar surface area (TPSA) is 68.9 Å². The second-order valence-electron chi connectivity index (χ2n) is 6.12. The lowest BCUT2D eigenvalue weighted by Crippen LogP contribution is -2.05. The summed E-state index contributed by atoms with van der Waals surface area (Å²) in [4.78, 5) is 12.8. The standard InChI is InChI=1S/C21H20O5/c1-13(2)8-9-25-16-10-18(22)20-19(11-16)26-12-17(21(20)23)14-4-6-15(24-3)7-5-14/h4-8,10-12,22H,9H2,1-3H3. The third-order valence-corrected chi connectivity index (χ3v) is 3.97. The zero-order valence-corrected chi connectivity index (χ0v) is 14.9. The van der Waals surface area contributed by atoms with Gasteiger partial charge in [0, 0.05) is 12.1 Å². The summed E-state index contributed by atoms with van der Waals surface area (Å²) in [5.41, 5.74) is 2.16. The molecular weight excluding hydrogens is 332 g/mol. The Labute approximate surface area is 151 Å². The molecule has 1 aromatic heterocycles. The Morgan fingerprint density at radius 3 is 2.54 bits per heavy atom. The highest BCUT2D eigenvalue weighted by Gasteiger charge is 2.14. The van der Waals surface area contributed by atoms with Crippen LogP contribution < -0.4 is 14.9 Å². The molecule has 5 heteroatoms. The normalized spacial score (nSPS) is 10.6. The van der Waals surface area contributed by atoms with Crippen molar-refractivity contribution in [2.45, 2.75) is 13.8 Å². The Morgan fingerprint density at radius 1 is 1.15 bits per heavy atom. The minimum atomic E-state index is -0.301. The van der Waals surface area contributed by atoms with Crippen molar-refractivity contribution in [2.75, 3.05) is 13.7 Å². The molecule has 0 radical (unpaired) electrons. The zero-order valence-electron chi connectivity index (χ0n) is 14.9. The van der Waals surface area contributed by atoms with Gasteiger partial charge < -0.3 is 19.0 Å². The van der Waals surface area contributed by atoms with Gasteiger partial charge in [0.05, 0.1) is 12.7 Å². The molecule has 134 valence electrons. The van der Waals surface area contributed by atoms with Crippen molar-refractivity contribution in [2.24, 2.45) is 0 Å². The lowest BCUT2D eigenvalue weighted by Gasteiger charge is -2.08. The quantitative estimate of drug-likeness (QED) is 0.684. The van der Waals surface area contributed by atoms with E-state index in [-0.39, 0.29) is 22.1 Å². The molecule has 0 saturated carbocycles. The van der Waals surface area contributed by atoms with E-state index in [2.05, 4.69) is 0 Å². The molecule has 26 heavy (non-hydrogen) atoms. The van der Waals surface area contributed by atoms with Crippen LogP contribution in [0.2, 0.25) is 0 Å². The average molecular weight is 352 g/mol. The summed E-state index contributed by atoms with van der Waals surface area (Å²) in [7, 11) is 1.58. The fourth-order valence-electron chi connectivity index (χ4n) is 2.57. The highest BCUT2D eigenvalue weighted by molar-refractivity contribution is 5.88. The van der Waals surface area contributed by atoms with E-state index in [0.29, 0.717) is 29.2 Å². The number of phenols is 1. The summed E-state index contributed by atoms with van der Waals surface area (Å²) in [6.07, 6.45) is 3.32. The second kappa shape index (κ2) is 7.35. The Balaban J connectivity index is 2.02. The van der Waals surface area contributed by atoms with Gasteiger partial charge in [0.1, 0.15) is 41.1 Å². The molecule has 0 atom stereocenters. The Hall–Kier alpha value is -3.21. The monoisotopic (exact) mass is 352 g/mol. The molecule has 0 amide bonds. The third kappa shape index (κ3) is 3.57. The van der Waals surface area contributed by atoms with Gasteiger partial charge in [0.2, 0.25) is 5.43 Å². The highest BCUT2D eigenvalue weighted by atomic mass is 16.5. The van der Waals surface area contributed by atoms with Gasteiger partial charge >= 0.3 is 0 Å². The first-order valence-corrected chi connectivity index (χ1v) is 8.18. The number of phenolic OH excluding ortho intramolecular Hbond substituents is 1. The number of rotatable bonds is 5. The molecule has 5 nitrogen and oxygen atoms in total. The smallest absolute Gasteiger partial charge is 0.204 e. The van der Waals surface area contributed by atoms with E-state index < -0.39 is 0 Å². The van der Waals surface area contributed by atoms with Gasteiger partial charge in [0.15, 0.2) is 0 Å². The van der Waals surface area contributed by atoms with Gasteiger partial charge in [-0.1, -0.05) is 17.7 Å². The molecule has 0 saturated heterocycles. The first-order valence-electron chi connectivity index (χ1n) is 8.18. The van der Waals surface area contributed by atoms with Gasteiger partial charge in [-0.25, -0.2) is 0 Å². The predicted molar refractivity (Wildman–Crippen MR) is 101 cm³/mol. The number of allylic oxidation sites excluding steroid dienone is 1. The summed E-state index contributed by atoms with van der Waals surface area (Å²) in [5.74, 6) is 0.964. The molecule has 0 aliphatic carbocycles. The maximum atomic E-state index is 12.8. The molecule has 1 heterocycles. The van der Waals surface area contributed by atoms with Gasteiger partial charge in [-0.2, -0.15) is 0 Å². The number of ether oxygens (including phenoxy) is 2. The molecule has 0 fully saturated rings. The first-order chi connectivity index (χ1) is 12.5. The number of benzene rings is 2. The highest BCUT2D eigenvalue weighted by Crippen LogP contribution is 2.30. The molecule has 0 aliphatic rings. The van der Waals surface area contributed by atoms with Crippen LogP contribution in [0.25, 0.3) is 22.1 Å². The molecule has 0 spiro atoms. The third-order valence-electron chi connectivity index (χ3n) is 3.97. The molecule has 0 aliphatic heterocycles. The van der Waals surface area contributed by atoms with E-state index >= 15 is 0 Å². The predicted octanol–water partition coefficient (Wildman–Crippen LogP) is 4.52. The number of hydrogen-bond acceptors (Lipinski definition) is 5. The van der Waals surface area contributed by atoms with E-state index in [4.69, 9.17) is 13.9 Å². The van der Waals surface area contributed by atoms with E-state index in [1.807, 2.05) is 19.9 Å². The van der Waals surface area contributed by atoms with E-state index in [1.165, 1.54) is 12.3 Å². The van der Waals surface area contributed by atoms with Gasteiger partial charge in [-0.15, -0.1) is 0 Å². The lowest BCUT2D eigenvalue weighted by atomic mass is 10.0. The summed E-state index contributed by atoms with van der Waals surface area (Å²) >= 11 is 0. The molecule has 3 rings (SSSR count). The van der Waals surface area contributed by atoms with Crippen LogP contribution in [0.3, 0.4) is 0 Å². The molecule has 0 unspecified atom stereocenters. The number of methoxy groups -OCH3 is 1. The van der Waals surface area contributed by atoms with Crippen molar-refractivity contribution >= 4 is 11.0 Å². The van der Waals surface area contributed by atoms with Crippen LogP contribution in [0.5, 0.6) is 17.2 Å². The molecule has 0 bridgehead atoms. The van der Waals surface area contributed by atoms with Crippen molar-refractivity contribution in [1.29, 1.82) is 0 Å².